The van der Waals surface area contributed by atoms with Gasteiger partial charge in [0.25, 0.3) is 0 Å². The van der Waals surface area contributed by atoms with E-state index in [1.54, 1.807) is 18.3 Å². The number of esters is 1. The lowest BCUT2D eigenvalue weighted by atomic mass is 10.2. The third-order valence-electron chi connectivity index (χ3n) is 2.35. The largest absolute Gasteiger partial charge is 0.466 e. The van der Waals surface area contributed by atoms with E-state index in [0.29, 0.717) is 11.7 Å². The molecular weight excluding hydrogens is 296 g/mol. The van der Waals surface area contributed by atoms with E-state index in [1.165, 1.54) is 18.3 Å². The predicted octanol–water partition coefficient (Wildman–Crippen LogP) is 2.94. The Labute approximate surface area is 124 Å². The molecule has 0 bridgehead atoms. The number of rotatable bonds is 5. The number of nitrogens with zero attached hydrogens (tertiary/aromatic N) is 1. The maximum atomic E-state index is 11.6. The molecule has 0 aliphatic heterocycles. The first-order valence-electron chi connectivity index (χ1n) is 6.07. The quantitative estimate of drug-likeness (QED) is 0.862. The maximum Gasteiger partial charge on any atom is 0.311 e. The van der Waals surface area contributed by atoms with Crippen molar-refractivity contribution in [1.29, 1.82) is 0 Å². The molecule has 0 unspecified atom stereocenters. The standard InChI is InChI=1S/C13H14N2O3S2/c1-3-18-11(17)7-10-12(9-5-4-6-19-9)15-13(20-10)14-8(2)16/h4-6H,3,7H2,1-2H3,(H,14,15,16). The number of amides is 1. The number of hydrogen-bond donors (Lipinski definition) is 1. The van der Waals surface area contributed by atoms with Crippen molar-refractivity contribution in [2.75, 3.05) is 11.9 Å². The van der Waals surface area contributed by atoms with Crippen molar-refractivity contribution in [3.63, 3.8) is 0 Å². The highest BCUT2D eigenvalue weighted by Gasteiger charge is 2.17. The minimum absolute atomic E-state index is 0.165. The number of thiophene rings is 1. The second kappa shape index (κ2) is 6.62. The van der Waals surface area contributed by atoms with E-state index < -0.39 is 0 Å². The van der Waals surface area contributed by atoms with Crippen LogP contribution in [0.4, 0.5) is 5.13 Å². The number of aromatic nitrogens is 1. The Morgan fingerprint density at radius 3 is 2.85 bits per heavy atom. The van der Waals surface area contributed by atoms with Gasteiger partial charge in [-0.05, 0) is 18.4 Å². The lowest BCUT2D eigenvalue weighted by molar-refractivity contribution is -0.142. The minimum atomic E-state index is -0.289. The van der Waals surface area contributed by atoms with E-state index >= 15 is 0 Å². The monoisotopic (exact) mass is 310 g/mol. The highest BCUT2D eigenvalue weighted by Crippen LogP contribution is 2.34. The van der Waals surface area contributed by atoms with E-state index in [-0.39, 0.29) is 18.3 Å². The van der Waals surface area contributed by atoms with E-state index in [9.17, 15) is 9.59 Å². The second-order valence-electron chi connectivity index (χ2n) is 3.93. The molecule has 2 aromatic rings. The average molecular weight is 310 g/mol. The van der Waals surface area contributed by atoms with E-state index in [4.69, 9.17) is 4.74 Å². The topological polar surface area (TPSA) is 68.3 Å². The number of thiazole rings is 1. The van der Waals surface area contributed by atoms with Crippen LogP contribution in [-0.4, -0.2) is 23.5 Å². The third kappa shape index (κ3) is 3.64. The number of anilines is 1. The minimum Gasteiger partial charge on any atom is -0.466 e. The molecule has 1 N–H and O–H groups in total. The summed E-state index contributed by atoms with van der Waals surface area (Å²) in [5.74, 6) is -0.470. The first kappa shape index (κ1) is 14.7. The lowest BCUT2D eigenvalue weighted by Gasteiger charge is -2.00. The van der Waals surface area contributed by atoms with Crippen molar-refractivity contribution < 1.29 is 14.3 Å². The Morgan fingerprint density at radius 2 is 2.25 bits per heavy atom. The van der Waals surface area contributed by atoms with Crippen LogP contribution >= 0.6 is 22.7 Å². The van der Waals surface area contributed by atoms with Gasteiger partial charge in [-0.2, -0.15) is 0 Å². The van der Waals surface area contributed by atoms with Gasteiger partial charge in [-0.25, -0.2) is 4.98 Å². The van der Waals surface area contributed by atoms with Crippen molar-refractivity contribution in [2.24, 2.45) is 0 Å². The van der Waals surface area contributed by atoms with Gasteiger partial charge in [-0.15, -0.1) is 22.7 Å². The Kier molecular flexibility index (Phi) is 4.86. The molecule has 5 nitrogen and oxygen atoms in total. The number of nitrogens with one attached hydrogen (secondary N) is 1. The molecule has 0 fully saturated rings. The van der Waals surface area contributed by atoms with Crippen LogP contribution in [0, 0.1) is 0 Å². The van der Waals surface area contributed by atoms with Gasteiger partial charge in [0.05, 0.1) is 23.6 Å². The first-order chi connectivity index (χ1) is 9.60. The summed E-state index contributed by atoms with van der Waals surface area (Å²) in [5.41, 5.74) is 0.738. The fourth-order valence-electron chi connectivity index (χ4n) is 1.62. The molecule has 0 atom stereocenters. The van der Waals surface area contributed by atoms with Gasteiger partial charge in [0.15, 0.2) is 5.13 Å². The van der Waals surface area contributed by atoms with Crippen LogP contribution in [0.25, 0.3) is 10.6 Å². The first-order valence-corrected chi connectivity index (χ1v) is 7.76. The molecule has 20 heavy (non-hydrogen) atoms. The zero-order chi connectivity index (χ0) is 14.5. The van der Waals surface area contributed by atoms with Crippen LogP contribution in [0.1, 0.15) is 18.7 Å². The smallest absolute Gasteiger partial charge is 0.311 e. The van der Waals surface area contributed by atoms with Crippen molar-refractivity contribution in [3.8, 4) is 10.6 Å². The third-order valence-corrected chi connectivity index (χ3v) is 4.19. The predicted molar refractivity (Wildman–Crippen MR) is 80.1 cm³/mol. The zero-order valence-electron chi connectivity index (χ0n) is 11.1. The van der Waals surface area contributed by atoms with E-state index in [1.807, 2.05) is 17.5 Å². The molecule has 0 aliphatic carbocycles. The highest BCUT2D eigenvalue weighted by molar-refractivity contribution is 7.17. The molecule has 2 aromatic heterocycles. The fourth-order valence-corrected chi connectivity index (χ4v) is 3.44. The van der Waals surface area contributed by atoms with E-state index in [2.05, 4.69) is 10.3 Å². The van der Waals surface area contributed by atoms with Gasteiger partial charge >= 0.3 is 5.97 Å². The summed E-state index contributed by atoms with van der Waals surface area (Å²) in [4.78, 5) is 28.9. The van der Waals surface area contributed by atoms with Crippen LogP contribution in [-0.2, 0) is 20.7 Å². The van der Waals surface area contributed by atoms with Gasteiger partial charge in [0.1, 0.15) is 0 Å². The summed E-state index contributed by atoms with van der Waals surface area (Å²) in [6.45, 7) is 3.55. The molecule has 0 spiro atoms. The van der Waals surface area contributed by atoms with Gasteiger partial charge in [-0.1, -0.05) is 6.07 Å². The summed E-state index contributed by atoms with van der Waals surface area (Å²) in [6, 6.07) is 3.86. The molecule has 0 saturated heterocycles. The molecule has 0 saturated carbocycles. The number of ether oxygens (including phenoxy) is 1. The molecule has 1 amide bonds. The average Bonchev–Trinajstić information content (AvgIpc) is 2.98. The Morgan fingerprint density at radius 1 is 1.45 bits per heavy atom. The molecule has 0 aliphatic rings. The van der Waals surface area contributed by atoms with Gasteiger partial charge in [-0.3, -0.25) is 9.59 Å². The maximum absolute atomic E-state index is 11.6. The molecular formula is C13H14N2O3S2. The van der Waals surface area contributed by atoms with Gasteiger partial charge < -0.3 is 10.1 Å². The number of carbonyl (C=O) groups excluding carboxylic acids is 2. The van der Waals surface area contributed by atoms with Crippen molar-refractivity contribution in [2.45, 2.75) is 20.3 Å². The molecule has 0 radical (unpaired) electrons. The van der Waals surface area contributed by atoms with Crippen LogP contribution in [0.2, 0.25) is 0 Å². The molecule has 2 heterocycles. The number of hydrogen-bond acceptors (Lipinski definition) is 6. The summed E-state index contributed by atoms with van der Waals surface area (Å²) in [5, 5.41) is 5.10. The SMILES string of the molecule is CCOC(=O)Cc1sc(NC(C)=O)nc1-c1cccs1. The Balaban J connectivity index is 2.29. The molecule has 0 aromatic carbocycles. The van der Waals surface area contributed by atoms with Crippen LogP contribution in [0.15, 0.2) is 17.5 Å². The van der Waals surface area contributed by atoms with Crippen LogP contribution in [0.3, 0.4) is 0 Å². The van der Waals surface area contributed by atoms with Crippen LogP contribution < -0.4 is 5.32 Å². The van der Waals surface area contributed by atoms with Crippen molar-refractivity contribution >= 4 is 39.7 Å². The lowest BCUT2D eigenvalue weighted by Crippen LogP contribution is -2.06. The zero-order valence-corrected chi connectivity index (χ0v) is 12.8. The van der Waals surface area contributed by atoms with Gasteiger partial charge in [0, 0.05) is 11.8 Å². The van der Waals surface area contributed by atoms with Crippen molar-refractivity contribution in [1.82, 2.24) is 4.98 Å². The normalized spacial score (nSPS) is 10.3. The molecule has 7 heteroatoms. The van der Waals surface area contributed by atoms with E-state index in [0.717, 1.165) is 15.4 Å². The Bertz CT molecular complexity index is 605. The summed E-state index contributed by atoms with van der Waals surface area (Å²) < 4.78 is 4.96. The van der Waals surface area contributed by atoms with Crippen molar-refractivity contribution in [3.05, 3.63) is 22.4 Å². The second-order valence-corrected chi connectivity index (χ2v) is 5.96. The molecule has 106 valence electrons. The Hall–Kier alpha value is -1.73. The molecule has 2 rings (SSSR count). The summed E-state index contributed by atoms with van der Waals surface area (Å²) >= 11 is 2.85. The summed E-state index contributed by atoms with van der Waals surface area (Å²) in [7, 11) is 0. The fraction of sp³-hybridized carbons (Fsp3) is 0.308. The summed E-state index contributed by atoms with van der Waals surface area (Å²) in [6.07, 6.45) is 0.165. The highest BCUT2D eigenvalue weighted by atomic mass is 32.1. The van der Waals surface area contributed by atoms with Crippen LogP contribution in [0.5, 0.6) is 0 Å². The van der Waals surface area contributed by atoms with Gasteiger partial charge in [0.2, 0.25) is 5.91 Å². The number of carbonyl (C=O) groups is 2.